The molecule has 23 heavy (non-hydrogen) atoms. The molecule has 126 valence electrons. The van der Waals surface area contributed by atoms with Gasteiger partial charge < -0.3 is 14.2 Å². The highest BCUT2D eigenvalue weighted by Crippen LogP contribution is 2.26. The van der Waals surface area contributed by atoms with E-state index < -0.39 is 0 Å². The molecule has 0 aromatic heterocycles. The SMILES string of the molecule is CCOC(=O)CC/C=C/c1cc(Cl)ccc1[C@@H](C)OCC1CO1. The summed E-state index contributed by atoms with van der Waals surface area (Å²) in [6.45, 7) is 5.63. The van der Waals surface area contributed by atoms with Crippen LogP contribution in [0, 0.1) is 0 Å². The maximum absolute atomic E-state index is 11.3. The van der Waals surface area contributed by atoms with Crippen molar-refractivity contribution in [3.63, 3.8) is 0 Å². The maximum atomic E-state index is 11.3. The van der Waals surface area contributed by atoms with Crippen LogP contribution in [0.5, 0.6) is 0 Å². The van der Waals surface area contributed by atoms with Crippen LogP contribution in [0.25, 0.3) is 6.08 Å². The quantitative estimate of drug-likeness (QED) is 0.501. The standard InChI is InChI=1S/C18H23ClO4/c1-3-21-18(20)7-5-4-6-14-10-15(19)8-9-17(14)13(2)22-11-16-12-23-16/h4,6,8-10,13,16H,3,5,7,11-12H2,1-2H3/b6-4+/t13-,16?/m1/s1. The summed E-state index contributed by atoms with van der Waals surface area (Å²) in [5, 5.41) is 0.677. The molecule has 4 nitrogen and oxygen atoms in total. The Hall–Kier alpha value is -1.36. The molecule has 0 bridgehead atoms. The fourth-order valence-corrected chi connectivity index (χ4v) is 2.39. The van der Waals surface area contributed by atoms with Crippen molar-refractivity contribution in [2.45, 2.75) is 38.9 Å². The molecule has 0 N–H and O–H groups in total. The lowest BCUT2D eigenvalue weighted by Gasteiger charge is -2.15. The summed E-state index contributed by atoms with van der Waals surface area (Å²) in [5.74, 6) is -0.176. The predicted molar refractivity (Wildman–Crippen MR) is 90.5 cm³/mol. The maximum Gasteiger partial charge on any atom is 0.306 e. The molecule has 1 fully saturated rings. The Labute approximate surface area is 142 Å². The van der Waals surface area contributed by atoms with Crippen molar-refractivity contribution in [1.29, 1.82) is 0 Å². The lowest BCUT2D eigenvalue weighted by molar-refractivity contribution is -0.142. The summed E-state index contributed by atoms with van der Waals surface area (Å²) >= 11 is 6.09. The minimum atomic E-state index is -0.176. The molecule has 0 aliphatic carbocycles. The van der Waals surface area contributed by atoms with E-state index >= 15 is 0 Å². The van der Waals surface area contributed by atoms with E-state index in [1.54, 1.807) is 6.92 Å². The molecule has 0 spiro atoms. The van der Waals surface area contributed by atoms with Gasteiger partial charge in [-0.05, 0) is 43.5 Å². The Morgan fingerprint density at radius 1 is 1.52 bits per heavy atom. The molecule has 1 aliphatic heterocycles. The third-order valence-electron chi connectivity index (χ3n) is 3.54. The van der Waals surface area contributed by atoms with Crippen molar-refractivity contribution in [3.8, 4) is 0 Å². The van der Waals surface area contributed by atoms with Crippen LogP contribution in [-0.2, 0) is 19.0 Å². The zero-order valence-electron chi connectivity index (χ0n) is 13.6. The van der Waals surface area contributed by atoms with Crippen molar-refractivity contribution in [1.82, 2.24) is 0 Å². The van der Waals surface area contributed by atoms with Crippen LogP contribution >= 0.6 is 11.6 Å². The van der Waals surface area contributed by atoms with Crippen LogP contribution in [-0.4, -0.2) is 31.9 Å². The summed E-state index contributed by atoms with van der Waals surface area (Å²) in [6, 6.07) is 5.75. The van der Waals surface area contributed by atoms with E-state index in [4.69, 9.17) is 25.8 Å². The number of carbonyl (C=O) groups is 1. The van der Waals surface area contributed by atoms with Crippen LogP contribution in [0.2, 0.25) is 5.02 Å². The third kappa shape index (κ3) is 6.34. The number of halogens is 1. The molecule has 0 saturated carbocycles. The zero-order valence-corrected chi connectivity index (χ0v) is 14.3. The minimum Gasteiger partial charge on any atom is -0.466 e. The normalized spacial score (nSPS) is 18.1. The van der Waals surface area contributed by atoms with Gasteiger partial charge in [0.05, 0.1) is 25.9 Å². The van der Waals surface area contributed by atoms with E-state index in [9.17, 15) is 4.79 Å². The topological polar surface area (TPSA) is 48.1 Å². The highest BCUT2D eigenvalue weighted by molar-refractivity contribution is 6.30. The summed E-state index contributed by atoms with van der Waals surface area (Å²) in [4.78, 5) is 11.3. The Morgan fingerprint density at radius 2 is 2.30 bits per heavy atom. The number of ether oxygens (including phenoxy) is 3. The number of allylic oxidation sites excluding steroid dienone is 1. The molecule has 0 amide bonds. The highest BCUT2D eigenvalue weighted by atomic mass is 35.5. The molecular weight excluding hydrogens is 316 g/mol. The van der Waals surface area contributed by atoms with Gasteiger partial charge in [0.15, 0.2) is 0 Å². The monoisotopic (exact) mass is 338 g/mol. The van der Waals surface area contributed by atoms with E-state index in [1.807, 2.05) is 37.3 Å². The number of carbonyl (C=O) groups excluding carboxylic acids is 1. The van der Waals surface area contributed by atoms with Gasteiger partial charge in [-0.2, -0.15) is 0 Å². The first-order valence-electron chi connectivity index (χ1n) is 7.95. The second kappa shape index (κ2) is 9.06. The Kier molecular flexibility index (Phi) is 7.09. The first-order chi connectivity index (χ1) is 11.1. The fourth-order valence-electron chi connectivity index (χ4n) is 2.21. The number of hydrogen-bond acceptors (Lipinski definition) is 4. The van der Waals surface area contributed by atoms with Gasteiger partial charge in [0, 0.05) is 11.4 Å². The molecule has 2 atom stereocenters. The molecule has 0 radical (unpaired) electrons. The van der Waals surface area contributed by atoms with Crippen molar-refractivity contribution < 1.29 is 19.0 Å². The first kappa shape index (κ1) is 18.0. The summed E-state index contributed by atoms with van der Waals surface area (Å²) in [5.41, 5.74) is 2.08. The van der Waals surface area contributed by atoms with E-state index in [-0.39, 0.29) is 18.2 Å². The molecule has 1 aromatic rings. The fraction of sp³-hybridized carbons (Fsp3) is 0.500. The largest absolute Gasteiger partial charge is 0.466 e. The van der Waals surface area contributed by atoms with Crippen LogP contribution in [0.4, 0.5) is 0 Å². The van der Waals surface area contributed by atoms with Crippen molar-refractivity contribution >= 4 is 23.6 Å². The van der Waals surface area contributed by atoms with Gasteiger partial charge in [0.1, 0.15) is 6.10 Å². The van der Waals surface area contributed by atoms with E-state index in [2.05, 4.69) is 0 Å². The second-order valence-corrected chi connectivity index (χ2v) is 5.89. The van der Waals surface area contributed by atoms with Gasteiger partial charge in [0.25, 0.3) is 0 Å². The number of benzene rings is 1. The molecule has 5 heteroatoms. The zero-order chi connectivity index (χ0) is 16.7. The Bertz CT molecular complexity index is 552. The number of rotatable bonds is 9. The van der Waals surface area contributed by atoms with E-state index in [0.29, 0.717) is 31.1 Å². The van der Waals surface area contributed by atoms with Crippen molar-refractivity contribution in [2.75, 3.05) is 19.8 Å². The van der Waals surface area contributed by atoms with Gasteiger partial charge in [0.2, 0.25) is 0 Å². The van der Waals surface area contributed by atoms with Crippen molar-refractivity contribution in [2.24, 2.45) is 0 Å². The number of hydrogen-bond donors (Lipinski definition) is 0. The first-order valence-corrected chi connectivity index (χ1v) is 8.32. The van der Waals surface area contributed by atoms with Gasteiger partial charge in [-0.15, -0.1) is 0 Å². The lowest BCUT2D eigenvalue weighted by Crippen LogP contribution is -2.07. The number of epoxide rings is 1. The predicted octanol–water partition coefficient (Wildman–Crippen LogP) is 4.17. The van der Waals surface area contributed by atoms with Gasteiger partial charge >= 0.3 is 5.97 Å². The van der Waals surface area contributed by atoms with Gasteiger partial charge in [-0.3, -0.25) is 4.79 Å². The van der Waals surface area contributed by atoms with E-state index in [0.717, 1.165) is 17.7 Å². The molecular formula is C18H23ClO4. The number of esters is 1. The molecule has 1 aliphatic rings. The summed E-state index contributed by atoms with van der Waals surface area (Å²) < 4.78 is 15.9. The smallest absolute Gasteiger partial charge is 0.306 e. The summed E-state index contributed by atoms with van der Waals surface area (Å²) in [6.07, 6.45) is 5.16. The third-order valence-corrected chi connectivity index (χ3v) is 3.77. The summed E-state index contributed by atoms with van der Waals surface area (Å²) in [7, 11) is 0. The average Bonchev–Trinajstić information content (AvgIpc) is 3.34. The van der Waals surface area contributed by atoms with E-state index in [1.165, 1.54) is 0 Å². The lowest BCUT2D eigenvalue weighted by atomic mass is 10.0. The van der Waals surface area contributed by atoms with Gasteiger partial charge in [-0.25, -0.2) is 0 Å². The minimum absolute atomic E-state index is 0.0406. The Balaban J connectivity index is 1.95. The molecule has 1 heterocycles. The second-order valence-electron chi connectivity index (χ2n) is 5.45. The van der Waals surface area contributed by atoms with Crippen LogP contribution in [0.3, 0.4) is 0 Å². The van der Waals surface area contributed by atoms with Crippen LogP contribution in [0.15, 0.2) is 24.3 Å². The molecule has 2 rings (SSSR count). The van der Waals surface area contributed by atoms with Crippen LogP contribution in [0.1, 0.15) is 43.9 Å². The highest BCUT2D eigenvalue weighted by Gasteiger charge is 2.24. The van der Waals surface area contributed by atoms with Crippen LogP contribution < -0.4 is 0 Å². The molecule has 1 saturated heterocycles. The molecule has 1 unspecified atom stereocenters. The Morgan fingerprint density at radius 3 is 3.00 bits per heavy atom. The van der Waals surface area contributed by atoms with Crippen molar-refractivity contribution in [3.05, 3.63) is 40.4 Å². The molecule has 1 aromatic carbocycles. The van der Waals surface area contributed by atoms with Gasteiger partial charge in [-0.1, -0.05) is 29.8 Å². The average molecular weight is 339 g/mol.